The van der Waals surface area contributed by atoms with E-state index in [4.69, 9.17) is 9.47 Å². The Kier molecular flexibility index (Phi) is 5.01. The van der Waals surface area contributed by atoms with E-state index in [1.165, 1.54) is 12.0 Å². The number of rotatable bonds is 3. The van der Waals surface area contributed by atoms with E-state index in [-0.39, 0.29) is 12.4 Å². The predicted octanol–water partition coefficient (Wildman–Crippen LogP) is 2.44. The number of likely N-dealkylation sites (tertiary alicyclic amines) is 1. The SMILES string of the molecule is COc1ncccc1C1(C(=O)O)CCCN(C(=O)OC(C)(C)C)C1. The van der Waals surface area contributed by atoms with Crippen LogP contribution >= 0.6 is 0 Å². The molecule has 0 aromatic carbocycles. The highest BCUT2D eigenvalue weighted by Crippen LogP contribution is 2.38. The van der Waals surface area contributed by atoms with Crippen LogP contribution in [0, 0.1) is 0 Å². The summed E-state index contributed by atoms with van der Waals surface area (Å²) in [5.41, 5.74) is -1.41. The van der Waals surface area contributed by atoms with Crippen LogP contribution in [0.25, 0.3) is 0 Å². The minimum Gasteiger partial charge on any atom is -0.481 e. The lowest BCUT2D eigenvalue weighted by Crippen LogP contribution is -2.53. The van der Waals surface area contributed by atoms with E-state index in [0.29, 0.717) is 24.9 Å². The molecule has 1 saturated heterocycles. The van der Waals surface area contributed by atoms with Gasteiger partial charge in [-0.25, -0.2) is 9.78 Å². The van der Waals surface area contributed by atoms with E-state index in [0.717, 1.165) is 0 Å². The van der Waals surface area contributed by atoms with Gasteiger partial charge in [0, 0.05) is 24.8 Å². The molecule has 1 fully saturated rings. The maximum atomic E-state index is 12.4. The van der Waals surface area contributed by atoms with Crippen LogP contribution in [-0.4, -0.2) is 52.9 Å². The van der Waals surface area contributed by atoms with Gasteiger partial charge in [0.2, 0.25) is 5.88 Å². The maximum absolute atomic E-state index is 12.4. The molecule has 1 unspecified atom stereocenters. The third kappa shape index (κ3) is 3.60. The van der Waals surface area contributed by atoms with Gasteiger partial charge in [-0.1, -0.05) is 6.07 Å². The number of carboxylic acids is 1. The van der Waals surface area contributed by atoms with Crippen LogP contribution in [-0.2, 0) is 14.9 Å². The number of nitrogens with zero attached hydrogens (tertiary/aromatic N) is 2. The van der Waals surface area contributed by atoms with E-state index < -0.39 is 23.1 Å². The minimum absolute atomic E-state index is 0.0271. The van der Waals surface area contributed by atoms with Crippen LogP contribution in [0.4, 0.5) is 4.79 Å². The van der Waals surface area contributed by atoms with Gasteiger partial charge in [-0.05, 0) is 39.7 Å². The lowest BCUT2D eigenvalue weighted by molar-refractivity contribution is -0.146. The average molecular weight is 336 g/mol. The topological polar surface area (TPSA) is 89.0 Å². The first-order valence-corrected chi connectivity index (χ1v) is 7.90. The smallest absolute Gasteiger partial charge is 0.410 e. The van der Waals surface area contributed by atoms with E-state index in [2.05, 4.69) is 4.98 Å². The van der Waals surface area contributed by atoms with Crippen molar-refractivity contribution >= 4 is 12.1 Å². The van der Waals surface area contributed by atoms with Crippen LogP contribution in [0.15, 0.2) is 18.3 Å². The number of piperidine rings is 1. The van der Waals surface area contributed by atoms with Gasteiger partial charge in [0.05, 0.1) is 7.11 Å². The van der Waals surface area contributed by atoms with Crippen molar-refractivity contribution in [1.29, 1.82) is 0 Å². The Labute approximate surface area is 141 Å². The van der Waals surface area contributed by atoms with Crippen LogP contribution in [0.1, 0.15) is 39.2 Å². The number of amides is 1. The zero-order valence-electron chi connectivity index (χ0n) is 14.5. The molecular formula is C17H24N2O5. The molecule has 132 valence electrons. The number of aliphatic carboxylic acids is 1. The Morgan fingerprint density at radius 1 is 1.38 bits per heavy atom. The predicted molar refractivity (Wildman–Crippen MR) is 87.1 cm³/mol. The highest BCUT2D eigenvalue weighted by Gasteiger charge is 2.47. The van der Waals surface area contributed by atoms with Crippen molar-refractivity contribution in [3.05, 3.63) is 23.9 Å². The normalized spacial score (nSPS) is 21.2. The third-order valence-corrected chi connectivity index (χ3v) is 4.03. The number of carbonyl (C=O) groups excluding carboxylic acids is 1. The average Bonchev–Trinajstić information content (AvgIpc) is 2.53. The van der Waals surface area contributed by atoms with Crippen molar-refractivity contribution in [1.82, 2.24) is 9.88 Å². The van der Waals surface area contributed by atoms with E-state index in [1.807, 2.05) is 0 Å². The largest absolute Gasteiger partial charge is 0.481 e. The molecule has 1 aliphatic heterocycles. The van der Waals surface area contributed by atoms with E-state index in [1.54, 1.807) is 39.1 Å². The molecule has 24 heavy (non-hydrogen) atoms. The second kappa shape index (κ2) is 6.67. The first-order valence-electron chi connectivity index (χ1n) is 7.90. The third-order valence-electron chi connectivity index (χ3n) is 4.03. The maximum Gasteiger partial charge on any atom is 0.410 e. The van der Waals surface area contributed by atoms with Crippen molar-refractivity contribution in [3.8, 4) is 5.88 Å². The second-order valence-corrected chi connectivity index (χ2v) is 6.95. The van der Waals surface area contributed by atoms with Gasteiger partial charge < -0.3 is 19.5 Å². The number of aromatic nitrogens is 1. The number of ether oxygens (including phenoxy) is 2. The van der Waals surface area contributed by atoms with E-state index in [9.17, 15) is 14.7 Å². The highest BCUT2D eigenvalue weighted by atomic mass is 16.6. The summed E-state index contributed by atoms with van der Waals surface area (Å²) in [4.78, 5) is 30.1. The molecule has 0 bridgehead atoms. The number of methoxy groups -OCH3 is 1. The molecular weight excluding hydrogens is 312 g/mol. The summed E-state index contributed by atoms with van der Waals surface area (Å²) in [6.45, 7) is 5.84. The van der Waals surface area contributed by atoms with Crippen molar-refractivity contribution in [2.24, 2.45) is 0 Å². The second-order valence-electron chi connectivity index (χ2n) is 6.95. The lowest BCUT2D eigenvalue weighted by atomic mass is 9.74. The molecule has 2 rings (SSSR count). The number of pyridine rings is 1. The molecule has 1 aliphatic rings. The summed E-state index contributed by atoms with van der Waals surface area (Å²) in [6.07, 6.45) is 2.01. The molecule has 7 heteroatoms. The van der Waals surface area contributed by atoms with Crippen molar-refractivity contribution in [2.75, 3.05) is 20.2 Å². The standard InChI is InChI=1S/C17H24N2O5/c1-16(2,3)24-15(22)19-10-6-8-17(11-19,14(20)21)12-7-5-9-18-13(12)23-4/h5,7,9H,6,8,10-11H2,1-4H3,(H,20,21). The number of hydrogen-bond donors (Lipinski definition) is 1. The highest BCUT2D eigenvalue weighted by molar-refractivity contribution is 5.84. The first-order chi connectivity index (χ1) is 11.2. The number of hydrogen-bond acceptors (Lipinski definition) is 5. The fourth-order valence-corrected chi connectivity index (χ4v) is 2.97. The van der Waals surface area contributed by atoms with Crippen LogP contribution in [0.2, 0.25) is 0 Å². The Balaban J connectivity index is 2.36. The quantitative estimate of drug-likeness (QED) is 0.912. The fraction of sp³-hybridized carbons (Fsp3) is 0.588. The molecule has 1 N–H and O–H groups in total. The van der Waals surface area contributed by atoms with Gasteiger partial charge in [0.1, 0.15) is 11.0 Å². The Morgan fingerprint density at radius 2 is 2.08 bits per heavy atom. The summed E-state index contributed by atoms with van der Waals surface area (Å²) in [7, 11) is 1.45. The van der Waals surface area contributed by atoms with Gasteiger partial charge in [-0.15, -0.1) is 0 Å². The van der Waals surface area contributed by atoms with Crippen molar-refractivity contribution in [2.45, 2.75) is 44.6 Å². The van der Waals surface area contributed by atoms with Crippen LogP contribution in [0.3, 0.4) is 0 Å². The van der Waals surface area contributed by atoms with Gasteiger partial charge in [-0.2, -0.15) is 0 Å². The first kappa shape index (κ1) is 18.0. The summed E-state index contributed by atoms with van der Waals surface area (Å²) in [6, 6.07) is 3.37. The number of carboxylic acid groups (broad SMARTS) is 1. The zero-order valence-corrected chi connectivity index (χ0v) is 14.5. The molecule has 0 spiro atoms. The van der Waals surface area contributed by atoms with Crippen LogP contribution < -0.4 is 4.74 Å². The molecule has 1 aromatic rings. The molecule has 0 aliphatic carbocycles. The molecule has 0 saturated carbocycles. The molecule has 2 heterocycles. The van der Waals surface area contributed by atoms with Gasteiger partial charge in [-0.3, -0.25) is 4.79 Å². The molecule has 7 nitrogen and oxygen atoms in total. The summed E-state index contributed by atoms with van der Waals surface area (Å²) >= 11 is 0. The minimum atomic E-state index is -1.26. The molecule has 1 amide bonds. The van der Waals surface area contributed by atoms with Gasteiger partial charge in [0.25, 0.3) is 0 Å². The van der Waals surface area contributed by atoms with Crippen molar-refractivity contribution < 1.29 is 24.2 Å². The Morgan fingerprint density at radius 3 is 2.67 bits per heavy atom. The monoisotopic (exact) mass is 336 g/mol. The fourth-order valence-electron chi connectivity index (χ4n) is 2.97. The Bertz CT molecular complexity index is 626. The molecule has 1 atom stereocenters. The summed E-state index contributed by atoms with van der Waals surface area (Å²) < 4.78 is 10.6. The zero-order chi connectivity index (χ0) is 18.0. The Hall–Kier alpha value is -2.31. The number of carbonyl (C=O) groups is 2. The summed E-state index contributed by atoms with van der Waals surface area (Å²) in [5, 5.41) is 9.93. The molecule has 1 aromatic heterocycles. The lowest BCUT2D eigenvalue weighted by Gasteiger charge is -2.40. The molecule has 0 radical (unpaired) electrons. The van der Waals surface area contributed by atoms with Gasteiger partial charge in [0.15, 0.2) is 0 Å². The summed E-state index contributed by atoms with van der Waals surface area (Å²) in [5.74, 6) is -0.729. The van der Waals surface area contributed by atoms with Crippen LogP contribution in [0.5, 0.6) is 5.88 Å². The van der Waals surface area contributed by atoms with Crippen molar-refractivity contribution in [3.63, 3.8) is 0 Å². The van der Waals surface area contributed by atoms with Gasteiger partial charge >= 0.3 is 12.1 Å². The van der Waals surface area contributed by atoms with E-state index >= 15 is 0 Å².